The fourth-order valence-corrected chi connectivity index (χ4v) is 2.04. The molecule has 0 unspecified atom stereocenters. The second-order valence-corrected chi connectivity index (χ2v) is 4.60. The summed E-state index contributed by atoms with van der Waals surface area (Å²) in [6.45, 7) is 4.44. The molecule has 21 heavy (non-hydrogen) atoms. The summed E-state index contributed by atoms with van der Waals surface area (Å²) in [5.41, 5.74) is 1.49. The Balaban J connectivity index is 2.01. The van der Waals surface area contributed by atoms with Crippen molar-refractivity contribution in [1.82, 2.24) is 0 Å². The molecule has 2 aromatic rings. The van der Waals surface area contributed by atoms with E-state index < -0.39 is 0 Å². The second-order valence-electron chi connectivity index (χ2n) is 4.60. The first-order valence-electron chi connectivity index (χ1n) is 6.81. The third-order valence-electron chi connectivity index (χ3n) is 3.15. The molecular formula is C16H19N2O3+. The minimum Gasteiger partial charge on any atom is -0.504 e. The number of amides is 1. The maximum absolute atomic E-state index is 11.8. The maximum Gasteiger partial charge on any atom is 0.262 e. The number of nitrogens with one attached hydrogen (secondary N) is 1. The molecule has 0 fully saturated rings. The molecule has 0 aliphatic rings. The predicted molar refractivity (Wildman–Crippen MR) is 79.3 cm³/mol. The highest BCUT2D eigenvalue weighted by Gasteiger charge is 2.17. The number of para-hydroxylation sites is 1. The zero-order valence-corrected chi connectivity index (χ0v) is 12.2. The number of aromatic nitrogens is 1. The number of hydrogen-bond acceptors (Lipinski definition) is 3. The van der Waals surface area contributed by atoms with Crippen molar-refractivity contribution in [3.63, 3.8) is 0 Å². The van der Waals surface area contributed by atoms with Crippen LogP contribution in [0.1, 0.15) is 12.6 Å². The molecule has 5 heteroatoms. The van der Waals surface area contributed by atoms with Crippen molar-refractivity contribution in [3.8, 4) is 11.5 Å². The van der Waals surface area contributed by atoms with E-state index in [0.717, 1.165) is 12.2 Å². The molecule has 2 rings (SSSR count). The van der Waals surface area contributed by atoms with Gasteiger partial charge in [-0.05, 0) is 19.1 Å². The number of carbonyl (C=O) groups is 1. The van der Waals surface area contributed by atoms with E-state index in [9.17, 15) is 9.90 Å². The molecule has 0 saturated heterocycles. The van der Waals surface area contributed by atoms with E-state index in [1.165, 1.54) is 0 Å². The summed E-state index contributed by atoms with van der Waals surface area (Å²) >= 11 is 0. The van der Waals surface area contributed by atoms with Crippen molar-refractivity contribution in [2.24, 2.45) is 0 Å². The van der Waals surface area contributed by atoms with Crippen molar-refractivity contribution in [2.45, 2.75) is 20.4 Å². The van der Waals surface area contributed by atoms with Gasteiger partial charge in [0.05, 0.1) is 0 Å². The van der Waals surface area contributed by atoms with Crippen molar-refractivity contribution >= 4 is 11.6 Å². The number of nitrogens with zero attached hydrogens (tertiary/aromatic N) is 1. The molecule has 5 nitrogen and oxygen atoms in total. The average molecular weight is 287 g/mol. The first-order chi connectivity index (χ1) is 10.1. The van der Waals surface area contributed by atoms with E-state index >= 15 is 0 Å². The van der Waals surface area contributed by atoms with Gasteiger partial charge in [0.1, 0.15) is 6.54 Å². The Morgan fingerprint density at radius 1 is 1.29 bits per heavy atom. The highest BCUT2D eigenvalue weighted by molar-refractivity contribution is 5.91. The molecule has 0 spiro atoms. The largest absolute Gasteiger partial charge is 0.504 e. The van der Waals surface area contributed by atoms with E-state index in [1.54, 1.807) is 24.4 Å². The number of anilines is 1. The monoisotopic (exact) mass is 287 g/mol. The highest BCUT2D eigenvalue weighted by atomic mass is 16.5. The second kappa shape index (κ2) is 6.74. The molecule has 0 aliphatic carbocycles. The Kier molecular flexibility index (Phi) is 4.77. The summed E-state index contributed by atoms with van der Waals surface area (Å²) < 4.78 is 7.40. The van der Waals surface area contributed by atoms with Crippen LogP contribution in [0.15, 0.2) is 42.6 Å². The Morgan fingerprint density at radius 3 is 2.67 bits per heavy atom. The SMILES string of the molecule is CC[n+]1ccc(O)c(OCC(=O)Nc2ccccc2)c1C. The summed E-state index contributed by atoms with van der Waals surface area (Å²) in [6.07, 6.45) is 1.78. The molecule has 2 N–H and O–H groups in total. The maximum atomic E-state index is 11.8. The molecule has 0 aliphatic heterocycles. The van der Waals surface area contributed by atoms with Crippen molar-refractivity contribution in [3.05, 3.63) is 48.3 Å². The number of aryl methyl sites for hydroxylation is 1. The summed E-state index contributed by atoms with van der Waals surface area (Å²) in [4.78, 5) is 11.8. The Bertz CT molecular complexity index is 627. The lowest BCUT2D eigenvalue weighted by Crippen LogP contribution is -2.36. The average Bonchev–Trinajstić information content (AvgIpc) is 2.48. The Labute approximate surface area is 123 Å². The van der Waals surface area contributed by atoms with Gasteiger partial charge in [0, 0.05) is 18.7 Å². The van der Waals surface area contributed by atoms with Crippen molar-refractivity contribution in [1.29, 1.82) is 0 Å². The standard InChI is InChI=1S/C16H18N2O3/c1-3-18-10-9-14(19)16(12(18)2)21-11-15(20)17-13-7-5-4-6-8-13/h4-10H,3,11H2,1-2H3,(H,17,20)/p+1. The number of benzene rings is 1. The van der Waals surface area contributed by atoms with Gasteiger partial charge >= 0.3 is 0 Å². The third-order valence-corrected chi connectivity index (χ3v) is 3.15. The quantitative estimate of drug-likeness (QED) is 0.827. The lowest BCUT2D eigenvalue weighted by molar-refractivity contribution is -0.699. The van der Waals surface area contributed by atoms with Gasteiger partial charge in [0.2, 0.25) is 11.4 Å². The first-order valence-corrected chi connectivity index (χ1v) is 6.81. The van der Waals surface area contributed by atoms with Gasteiger partial charge in [-0.25, -0.2) is 0 Å². The molecule has 1 aromatic carbocycles. The van der Waals surface area contributed by atoms with Crippen LogP contribution in [-0.4, -0.2) is 17.6 Å². The summed E-state index contributed by atoms with van der Waals surface area (Å²) in [6, 6.07) is 10.7. The van der Waals surface area contributed by atoms with Crippen LogP contribution in [0.2, 0.25) is 0 Å². The Morgan fingerprint density at radius 2 is 2.00 bits per heavy atom. The summed E-state index contributed by atoms with van der Waals surface area (Å²) in [7, 11) is 0. The fraction of sp³-hybridized carbons (Fsp3) is 0.250. The topological polar surface area (TPSA) is 62.4 Å². The minimum absolute atomic E-state index is 0.0321. The molecule has 1 heterocycles. The minimum atomic E-state index is -0.271. The van der Waals surface area contributed by atoms with Gasteiger partial charge in [0.15, 0.2) is 18.6 Å². The number of rotatable bonds is 5. The van der Waals surface area contributed by atoms with Crippen LogP contribution >= 0.6 is 0 Å². The van der Waals surface area contributed by atoms with Crippen molar-refractivity contribution < 1.29 is 19.2 Å². The van der Waals surface area contributed by atoms with Gasteiger partial charge in [-0.1, -0.05) is 18.2 Å². The van der Waals surface area contributed by atoms with Gasteiger partial charge < -0.3 is 15.2 Å². The lowest BCUT2D eigenvalue weighted by atomic mass is 10.3. The van der Waals surface area contributed by atoms with Gasteiger partial charge in [-0.2, -0.15) is 4.57 Å². The molecule has 0 radical (unpaired) electrons. The molecule has 0 bridgehead atoms. The Hall–Kier alpha value is -2.56. The van der Waals surface area contributed by atoms with Crippen LogP contribution in [0.3, 0.4) is 0 Å². The van der Waals surface area contributed by atoms with Gasteiger partial charge in [-0.3, -0.25) is 4.79 Å². The molecular weight excluding hydrogens is 268 g/mol. The van der Waals surface area contributed by atoms with Gasteiger partial charge in [-0.15, -0.1) is 0 Å². The predicted octanol–water partition coefficient (Wildman–Crippen LogP) is 2.03. The third kappa shape index (κ3) is 3.72. The van der Waals surface area contributed by atoms with Gasteiger partial charge in [0.25, 0.3) is 5.91 Å². The van der Waals surface area contributed by atoms with Crippen molar-refractivity contribution in [2.75, 3.05) is 11.9 Å². The normalized spacial score (nSPS) is 10.2. The van der Waals surface area contributed by atoms with Crippen LogP contribution < -0.4 is 14.6 Å². The van der Waals surface area contributed by atoms with E-state index in [4.69, 9.17) is 4.74 Å². The molecule has 0 saturated carbocycles. The van der Waals surface area contributed by atoms with E-state index in [-0.39, 0.29) is 18.3 Å². The molecule has 110 valence electrons. The van der Waals surface area contributed by atoms with Crippen LogP contribution in [0, 0.1) is 6.92 Å². The molecule has 1 amide bonds. The van der Waals surface area contributed by atoms with E-state index in [0.29, 0.717) is 11.4 Å². The lowest BCUT2D eigenvalue weighted by Gasteiger charge is -2.10. The first kappa shape index (κ1) is 14.8. The zero-order chi connectivity index (χ0) is 15.2. The number of hydrogen-bond donors (Lipinski definition) is 2. The molecule has 0 atom stereocenters. The van der Waals surface area contributed by atoms with Crippen LogP contribution in [0.5, 0.6) is 11.5 Å². The van der Waals surface area contributed by atoms with E-state index in [1.807, 2.05) is 36.6 Å². The number of pyridine rings is 1. The van der Waals surface area contributed by atoms with E-state index in [2.05, 4.69) is 5.32 Å². The number of carbonyl (C=O) groups excluding carboxylic acids is 1. The zero-order valence-electron chi connectivity index (χ0n) is 12.2. The number of ether oxygens (including phenoxy) is 1. The van der Waals surface area contributed by atoms with Crippen LogP contribution in [0.25, 0.3) is 0 Å². The molecule has 1 aromatic heterocycles. The summed E-state index contributed by atoms with van der Waals surface area (Å²) in [5.74, 6) is 0.0965. The van der Waals surface area contributed by atoms with Crippen LogP contribution in [0.4, 0.5) is 5.69 Å². The summed E-state index contributed by atoms with van der Waals surface area (Å²) in [5, 5.41) is 12.6. The number of aromatic hydroxyl groups is 1. The highest BCUT2D eigenvalue weighted by Crippen LogP contribution is 2.26. The smallest absolute Gasteiger partial charge is 0.262 e. The van der Waals surface area contributed by atoms with Crippen LogP contribution in [-0.2, 0) is 11.3 Å². The fourth-order valence-electron chi connectivity index (χ4n) is 2.04.